The summed E-state index contributed by atoms with van der Waals surface area (Å²) in [5.41, 5.74) is 8.01. The van der Waals surface area contributed by atoms with Gasteiger partial charge in [-0.2, -0.15) is 5.10 Å². The fraction of sp³-hybridized carbons (Fsp3) is 0.217. The summed E-state index contributed by atoms with van der Waals surface area (Å²) < 4.78 is 1.64. The molecule has 0 saturated heterocycles. The molecule has 2 aliphatic heterocycles. The zero-order chi connectivity index (χ0) is 21.8. The lowest BCUT2D eigenvalue weighted by atomic mass is 9.72. The lowest BCUT2D eigenvalue weighted by molar-refractivity contribution is -0.127. The highest BCUT2D eigenvalue weighted by molar-refractivity contribution is 6.17. The number of carbonyl (C=O) groups excluding carboxylic acids is 3. The predicted molar refractivity (Wildman–Crippen MR) is 115 cm³/mol. The lowest BCUT2D eigenvalue weighted by Crippen LogP contribution is -2.48. The number of fused-ring (bicyclic) bond motifs is 4. The first-order chi connectivity index (χ1) is 15.0. The molecule has 31 heavy (non-hydrogen) atoms. The average Bonchev–Trinajstić information content (AvgIpc) is 3.28. The third kappa shape index (κ3) is 2.68. The van der Waals surface area contributed by atoms with Crippen LogP contribution in [0.2, 0.25) is 0 Å². The van der Waals surface area contributed by atoms with Gasteiger partial charge in [-0.3, -0.25) is 14.4 Å². The van der Waals surface area contributed by atoms with E-state index in [9.17, 15) is 14.4 Å². The Kier molecular flexibility index (Phi) is 4.18. The number of hydrogen-bond donors (Lipinski definition) is 2. The van der Waals surface area contributed by atoms with Gasteiger partial charge in [-0.25, -0.2) is 4.68 Å². The SMILES string of the molecule is CCc1ccc(-n2ncc3c2NC(=O)C[C@@]32C(=O)N(CC(N)=O)c3ccccc32)cc1. The number of carbonyl (C=O) groups is 3. The lowest BCUT2D eigenvalue weighted by Gasteiger charge is -2.32. The highest BCUT2D eigenvalue weighted by Crippen LogP contribution is 2.52. The topological polar surface area (TPSA) is 110 Å². The number of amides is 3. The minimum absolute atomic E-state index is 0.0639. The Balaban J connectivity index is 1.70. The molecule has 3 aromatic rings. The molecule has 1 spiro atoms. The van der Waals surface area contributed by atoms with E-state index in [1.54, 1.807) is 23.0 Å². The molecule has 5 rings (SSSR count). The second-order valence-corrected chi connectivity index (χ2v) is 7.84. The molecule has 0 unspecified atom stereocenters. The standard InChI is InChI=1S/C23H21N5O3/c1-2-14-7-9-15(10-8-14)28-21-17(12-25-28)23(11-20(30)26-21)16-5-3-4-6-18(16)27(22(23)31)13-19(24)29/h3-10,12H,2,11,13H2,1H3,(H2,24,29)(H,26,30)/t23-/m0/s1. The molecule has 0 aliphatic carbocycles. The van der Waals surface area contributed by atoms with Crippen molar-refractivity contribution in [1.29, 1.82) is 0 Å². The summed E-state index contributed by atoms with van der Waals surface area (Å²) in [6, 6.07) is 15.1. The maximum absolute atomic E-state index is 13.7. The van der Waals surface area contributed by atoms with Crippen LogP contribution >= 0.6 is 0 Å². The maximum atomic E-state index is 13.7. The Morgan fingerprint density at radius 3 is 2.58 bits per heavy atom. The summed E-state index contributed by atoms with van der Waals surface area (Å²) in [5, 5.41) is 7.40. The van der Waals surface area contributed by atoms with E-state index < -0.39 is 11.3 Å². The number of rotatable bonds is 4. The van der Waals surface area contributed by atoms with Crippen molar-refractivity contribution in [2.45, 2.75) is 25.2 Å². The summed E-state index contributed by atoms with van der Waals surface area (Å²) >= 11 is 0. The first kappa shape index (κ1) is 19.0. The van der Waals surface area contributed by atoms with Gasteiger partial charge in [-0.1, -0.05) is 37.3 Å². The zero-order valence-electron chi connectivity index (χ0n) is 17.0. The van der Waals surface area contributed by atoms with E-state index in [-0.39, 0.29) is 24.8 Å². The van der Waals surface area contributed by atoms with E-state index in [0.717, 1.165) is 12.1 Å². The number of aromatic nitrogens is 2. The molecule has 0 saturated carbocycles. The minimum Gasteiger partial charge on any atom is -0.368 e. The summed E-state index contributed by atoms with van der Waals surface area (Å²) in [4.78, 5) is 39.6. The molecule has 0 bridgehead atoms. The quantitative estimate of drug-likeness (QED) is 0.678. The van der Waals surface area contributed by atoms with Gasteiger partial charge in [-0.05, 0) is 35.7 Å². The maximum Gasteiger partial charge on any atom is 0.243 e. The zero-order valence-corrected chi connectivity index (χ0v) is 17.0. The van der Waals surface area contributed by atoms with Gasteiger partial charge in [0, 0.05) is 17.7 Å². The molecule has 2 aromatic carbocycles. The van der Waals surface area contributed by atoms with Crippen molar-refractivity contribution >= 4 is 29.2 Å². The molecule has 8 heteroatoms. The molecule has 0 radical (unpaired) electrons. The van der Waals surface area contributed by atoms with Crippen LogP contribution in [-0.2, 0) is 26.2 Å². The van der Waals surface area contributed by atoms with Gasteiger partial charge in [0.1, 0.15) is 17.8 Å². The van der Waals surface area contributed by atoms with Crippen molar-refractivity contribution in [3.8, 4) is 5.69 Å². The molecule has 0 fully saturated rings. The molecule has 3 heterocycles. The monoisotopic (exact) mass is 415 g/mol. The van der Waals surface area contributed by atoms with Gasteiger partial charge >= 0.3 is 0 Å². The van der Waals surface area contributed by atoms with E-state index in [1.807, 2.05) is 36.4 Å². The van der Waals surface area contributed by atoms with Crippen LogP contribution in [0.25, 0.3) is 5.69 Å². The van der Waals surface area contributed by atoms with Crippen LogP contribution in [0.5, 0.6) is 0 Å². The number of primary amides is 1. The van der Waals surface area contributed by atoms with Crippen molar-refractivity contribution in [3.63, 3.8) is 0 Å². The van der Waals surface area contributed by atoms with Crippen LogP contribution in [0.1, 0.15) is 30.0 Å². The summed E-state index contributed by atoms with van der Waals surface area (Å²) in [6.45, 7) is 1.83. The highest BCUT2D eigenvalue weighted by atomic mass is 16.2. The van der Waals surface area contributed by atoms with Crippen molar-refractivity contribution in [3.05, 3.63) is 71.4 Å². The van der Waals surface area contributed by atoms with Crippen LogP contribution in [0, 0.1) is 0 Å². The smallest absolute Gasteiger partial charge is 0.243 e. The van der Waals surface area contributed by atoms with Crippen LogP contribution in [0.3, 0.4) is 0 Å². The number of nitrogens with two attached hydrogens (primary N) is 1. The van der Waals surface area contributed by atoms with E-state index in [1.165, 1.54) is 10.5 Å². The Hall–Kier alpha value is -3.94. The van der Waals surface area contributed by atoms with E-state index >= 15 is 0 Å². The molecule has 2 aliphatic rings. The summed E-state index contributed by atoms with van der Waals surface area (Å²) in [7, 11) is 0. The molecular formula is C23H21N5O3. The third-order valence-electron chi connectivity index (χ3n) is 6.08. The van der Waals surface area contributed by atoms with Crippen molar-refractivity contribution < 1.29 is 14.4 Å². The number of hydrogen-bond acceptors (Lipinski definition) is 4. The van der Waals surface area contributed by atoms with Gasteiger partial charge < -0.3 is 16.0 Å². The van der Waals surface area contributed by atoms with Gasteiger partial charge in [0.15, 0.2) is 0 Å². The number of aryl methyl sites for hydroxylation is 1. The molecule has 3 amide bonds. The van der Waals surface area contributed by atoms with Crippen molar-refractivity contribution in [1.82, 2.24) is 9.78 Å². The minimum atomic E-state index is -1.24. The fourth-order valence-corrected chi connectivity index (χ4v) is 4.63. The van der Waals surface area contributed by atoms with Gasteiger partial charge in [0.05, 0.1) is 11.9 Å². The second-order valence-electron chi connectivity index (χ2n) is 7.84. The van der Waals surface area contributed by atoms with Gasteiger partial charge in [0.2, 0.25) is 17.7 Å². The van der Waals surface area contributed by atoms with E-state index in [4.69, 9.17) is 5.73 Å². The first-order valence-electron chi connectivity index (χ1n) is 10.1. The van der Waals surface area contributed by atoms with Crippen LogP contribution in [0.4, 0.5) is 11.5 Å². The largest absolute Gasteiger partial charge is 0.368 e. The summed E-state index contributed by atoms with van der Waals surface area (Å²) in [5.74, 6) is -0.787. The molecule has 1 aromatic heterocycles. The first-order valence-corrected chi connectivity index (χ1v) is 10.1. The van der Waals surface area contributed by atoms with Crippen LogP contribution < -0.4 is 16.0 Å². The van der Waals surface area contributed by atoms with E-state index in [0.29, 0.717) is 22.6 Å². The normalized spacial score (nSPS) is 19.3. The second kappa shape index (κ2) is 6.80. The van der Waals surface area contributed by atoms with Crippen molar-refractivity contribution in [2.75, 3.05) is 16.8 Å². The average molecular weight is 415 g/mol. The Labute approximate surface area is 178 Å². The predicted octanol–water partition coefficient (Wildman–Crippen LogP) is 1.89. The van der Waals surface area contributed by atoms with Crippen LogP contribution in [-0.4, -0.2) is 34.0 Å². The Morgan fingerprint density at radius 2 is 1.87 bits per heavy atom. The van der Waals surface area contributed by atoms with Crippen LogP contribution in [0.15, 0.2) is 54.7 Å². The van der Waals surface area contributed by atoms with Gasteiger partial charge in [0.25, 0.3) is 0 Å². The summed E-state index contributed by atoms with van der Waals surface area (Å²) in [6.07, 6.45) is 2.48. The molecule has 8 nitrogen and oxygen atoms in total. The number of anilines is 2. The number of para-hydroxylation sites is 1. The third-order valence-corrected chi connectivity index (χ3v) is 6.08. The molecule has 3 N–H and O–H groups in total. The Bertz CT molecular complexity index is 1230. The molecule has 156 valence electrons. The fourth-order valence-electron chi connectivity index (χ4n) is 4.63. The number of benzene rings is 2. The Morgan fingerprint density at radius 1 is 1.13 bits per heavy atom. The van der Waals surface area contributed by atoms with Gasteiger partial charge in [-0.15, -0.1) is 0 Å². The number of nitrogens with zero attached hydrogens (tertiary/aromatic N) is 3. The van der Waals surface area contributed by atoms with E-state index in [2.05, 4.69) is 17.3 Å². The highest BCUT2D eigenvalue weighted by Gasteiger charge is 2.57. The molecule has 1 atom stereocenters. The molecular weight excluding hydrogens is 394 g/mol. The number of nitrogens with one attached hydrogen (secondary N) is 1. The van der Waals surface area contributed by atoms with Crippen molar-refractivity contribution in [2.24, 2.45) is 5.73 Å².